The largest absolute Gasteiger partial charge is 0.438 e. The maximum absolute atomic E-state index is 10.9. The second-order valence-electron chi connectivity index (χ2n) is 4.09. The van der Waals surface area contributed by atoms with E-state index in [0.29, 0.717) is 16.9 Å². The van der Waals surface area contributed by atoms with Crippen molar-refractivity contribution >= 4 is 11.6 Å². The fourth-order valence-corrected chi connectivity index (χ4v) is 1.61. The molecule has 0 aliphatic heterocycles. The highest BCUT2D eigenvalue weighted by Crippen LogP contribution is 2.31. The molecule has 1 aromatic heterocycles. The average Bonchev–Trinajstić information content (AvgIpc) is 2.43. The number of hydrogen-bond acceptors (Lipinski definition) is 7. The number of nitrogens with one attached hydrogen (secondary N) is 1. The lowest BCUT2D eigenvalue weighted by Gasteiger charge is -2.10. The summed E-state index contributed by atoms with van der Waals surface area (Å²) in [6, 6.07) is 4.61. The lowest BCUT2D eigenvalue weighted by atomic mass is 10.2. The first-order chi connectivity index (χ1) is 9.52. The number of aromatic nitrogens is 2. The molecule has 0 bridgehead atoms. The van der Waals surface area contributed by atoms with E-state index >= 15 is 0 Å². The van der Waals surface area contributed by atoms with Gasteiger partial charge >= 0.3 is 0 Å². The summed E-state index contributed by atoms with van der Waals surface area (Å²) < 4.78 is 5.62. The molecule has 0 fully saturated rings. The first-order valence-electron chi connectivity index (χ1n) is 5.75. The van der Waals surface area contributed by atoms with Gasteiger partial charge in [0.2, 0.25) is 11.8 Å². The Bertz CT molecular complexity index is 660. The third-order valence-corrected chi connectivity index (χ3v) is 2.71. The summed E-state index contributed by atoms with van der Waals surface area (Å²) in [5.41, 5.74) is 3.42. The molecule has 0 saturated heterocycles. The summed E-state index contributed by atoms with van der Waals surface area (Å²) in [5.74, 6) is 6.09. The molecule has 2 rings (SSSR count). The van der Waals surface area contributed by atoms with Gasteiger partial charge in [-0.2, -0.15) is 4.98 Å². The number of rotatable bonds is 4. The number of nitrogens with zero attached hydrogens (tertiary/aromatic N) is 3. The molecule has 8 nitrogen and oxygen atoms in total. The molecule has 8 heteroatoms. The predicted molar refractivity (Wildman–Crippen MR) is 72.5 cm³/mol. The number of nitrogen functional groups attached to an aromatic ring is 1. The van der Waals surface area contributed by atoms with Gasteiger partial charge in [-0.15, -0.1) is 0 Å². The van der Waals surface area contributed by atoms with Crippen LogP contribution in [0.4, 0.5) is 11.6 Å². The van der Waals surface area contributed by atoms with Crippen molar-refractivity contribution in [3.63, 3.8) is 0 Å². The topological polar surface area (TPSA) is 116 Å². The van der Waals surface area contributed by atoms with Crippen LogP contribution < -0.4 is 16.0 Å². The summed E-state index contributed by atoms with van der Waals surface area (Å²) in [6.07, 6.45) is 1.55. The Morgan fingerprint density at radius 2 is 2.15 bits per heavy atom. The minimum atomic E-state index is -0.456. The monoisotopic (exact) mass is 275 g/mol. The number of hydrazine groups is 1. The summed E-state index contributed by atoms with van der Waals surface area (Å²) in [5, 5.41) is 10.9. The fraction of sp³-hybridized carbons (Fsp3) is 0.167. The first kappa shape index (κ1) is 13.7. The van der Waals surface area contributed by atoms with Gasteiger partial charge in [0.15, 0.2) is 0 Å². The molecular weight excluding hydrogens is 262 g/mol. The van der Waals surface area contributed by atoms with Crippen LogP contribution in [0, 0.1) is 24.0 Å². The van der Waals surface area contributed by atoms with Crippen LogP contribution in [0.15, 0.2) is 24.4 Å². The molecule has 20 heavy (non-hydrogen) atoms. The van der Waals surface area contributed by atoms with E-state index in [1.54, 1.807) is 32.2 Å². The van der Waals surface area contributed by atoms with Crippen molar-refractivity contribution in [2.45, 2.75) is 13.8 Å². The Balaban J connectivity index is 2.40. The molecule has 0 aliphatic rings. The van der Waals surface area contributed by atoms with E-state index in [-0.39, 0.29) is 17.5 Å². The number of aryl methyl sites for hydroxylation is 1. The van der Waals surface area contributed by atoms with E-state index in [2.05, 4.69) is 15.4 Å². The molecule has 0 spiro atoms. The summed E-state index contributed by atoms with van der Waals surface area (Å²) >= 11 is 0. The van der Waals surface area contributed by atoms with Crippen molar-refractivity contribution in [2.24, 2.45) is 5.84 Å². The number of anilines is 1. The van der Waals surface area contributed by atoms with Gasteiger partial charge in [-0.3, -0.25) is 15.5 Å². The Hall–Kier alpha value is -2.74. The molecule has 0 radical (unpaired) electrons. The fourth-order valence-electron chi connectivity index (χ4n) is 1.61. The van der Waals surface area contributed by atoms with E-state index in [1.807, 2.05) is 0 Å². The SMILES string of the molecule is Cc1cnc(NN)nc1Oc1cccc([N+](=O)[O-])c1C. The Kier molecular flexibility index (Phi) is 3.76. The molecule has 0 aliphatic carbocycles. The van der Waals surface area contributed by atoms with E-state index in [0.717, 1.165) is 0 Å². The minimum Gasteiger partial charge on any atom is -0.438 e. The molecule has 0 saturated carbocycles. The van der Waals surface area contributed by atoms with Crippen LogP contribution in [0.5, 0.6) is 11.6 Å². The lowest BCUT2D eigenvalue weighted by Crippen LogP contribution is -2.11. The summed E-state index contributed by atoms with van der Waals surface area (Å²) in [6.45, 7) is 3.38. The van der Waals surface area contributed by atoms with Crippen molar-refractivity contribution < 1.29 is 9.66 Å². The van der Waals surface area contributed by atoms with Gasteiger partial charge in [0.05, 0.1) is 10.5 Å². The molecule has 0 unspecified atom stereocenters. The number of benzene rings is 1. The second kappa shape index (κ2) is 5.49. The Morgan fingerprint density at radius 1 is 1.40 bits per heavy atom. The van der Waals surface area contributed by atoms with Gasteiger partial charge in [-0.1, -0.05) is 6.07 Å². The molecule has 0 amide bonds. The van der Waals surface area contributed by atoms with Gasteiger partial charge in [0.1, 0.15) is 5.75 Å². The standard InChI is InChI=1S/C12H13N5O3/c1-7-6-14-12(16-13)15-11(7)20-10-5-3-4-9(8(10)2)17(18)19/h3-6H,13H2,1-2H3,(H,14,15,16). The van der Waals surface area contributed by atoms with Crippen molar-refractivity contribution in [1.29, 1.82) is 0 Å². The van der Waals surface area contributed by atoms with E-state index in [1.165, 1.54) is 6.07 Å². The molecule has 0 atom stereocenters. The number of nitrogens with two attached hydrogens (primary N) is 1. The molecule has 2 aromatic rings. The maximum Gasteiger partial charge on any atom is 0.276 e. The predicted octanol–water partition coefficient (Wildman–Crippen LogP) is 2.08. The van der Waals surface area contributed by atoms with E-state index < -0.39 is 4.92 Å². The number of hydrogen-bond donors (Lipinski definition) is 2. The lowest BCUT2D eigenvalue weighted by molar-refractivity contribution is -0.385. The van der Waals surface area contributed by atoms with Gasteiger partial charge in [0.25, 0.3) is 5.69 Å². The quantitative estimate of drug-likeness (QED) is 0.498. The number of nitro benzene ring substituents is 1. The normalized spacial score (nSPS) is 10.2. The number of nitro groups is 1. The van der Waals surface area contributed by atoms with E-state index in [4.69, 9.17) is 10.6 Å². The smallest absolute Gasteiger partial charge is 0.276 e. The van der Waals surface area contributed by atoms with Gasteiger partial charge < -0.3 is 4.74 Å². The molecule has 3 N–H and O–H groups in total. The molecule has 104 valence electrons. The van der Waals surface area contributed by atoms with Crippen LogP contribution in [-0.4, -0.2) is 14.9 Å². The minimum absolute atomic E-state index is 0.00798. The Morgan fingerprint density at radius 3 is 2.80 bits per heavy atom. The van der Waals surface area contributed by atoms with Gasteiger partial charge in [0, 0.05) is 17.8 Å². The van der Waals surface area contributed by atoms with Crippen LogP contribution in [0.3, 0.4) is 0 Å². The summed E-state index contributed by atoms with van der Waals surface area (Å²) in [4.78, 5) is 18.4. The molecular formula is C12H13N5O3. The van der Waals surface area contributed by atoms with Crippen molar-refractivity contribution in [2.75, 3.05) is 5.43 Å². The second-order valence-corrected chi connectivity index (χ2v) is 4.09. The zero-order valence-corrected chi connectivity index (χ0v) is 11.0. The number of ether oxygens (including phenoxy) is 1. The first-order valence-corrected chi connectivity index (χ1v) is 5.75. The van der Waals surface area contributed by atoms with Crippen LogP contribution in [-0.2, 0) is 0 Å². The average molecular weight is 275 g/mol. The van der Waals surface area contributed by atoms with Crippen LogP contribution in [0.25, 0.3) is 0 Å². The summed E-state index contributed by atoms with van der Waals surface area (Å²) in [7, 11) is 0. The van der Waals surface area contributed by atoms with Crippen molar-refractivity contribution in [3.05, 3.63) is 45.6 Å². The van der Waals surface area contributed by atoms with Gasteiger partial charge in [-0.05, 0) is 19.9 Å². The van der Waals surface area contributed by atoms with Crippen LogP contribution in [0.1, 0.15) is 11.1 Å². The van der Waals surface area contributed by atoms with Crippen LogP contribution >= 0.6 is 0 Å². The maximum atomic E-state index is 10.9. The highest BCUT2D eigenvalue weighted by atomic mass is 16.6. The molecule has 1 aromatic carbocycles. The zero-order valence-electron chi connectivity index (χ0n) is 11.0. The highest BCUT2D eigenvalue weighted by Gasteiger charge is 2.16. The van der Waals surface area contributed by atoms with Crippen molar-refractivity contribution in [3.8, 4) is 11.6 Å². The molecule has 1 heterocycles. The van der Waals surface area contributed by atoms with Gasteiger partial charge in [-0.25, -0.2) is 10.8 Å². The van der Waals surface area contributed by atoms with Crippen molar-refractivity contribution in [1.82, 2.24) is 9.97 Å². The zero-order chi connectivity index (χ0) is 14.7. The van der Waals surface area contributed by atoms with E-state index in [9.17, 15) is 10.1 Å². The highest BCUT2D eigenvalue weighted by molar-refractivity contribution is 5.50. The third kappa shape index (κ3) is 2.64. The third-order valence-electron chi connectivity index (χ3n) is 2.71. The Labute approximate surface area is 114 Å². The van der Waals surface area contributed by atoms with Crippen LogP contribution in [0.2, 0.25) is 0 Å².